The topological polar surface area (TPSA) is 45.7 Å². The Morgan fingerprint density at radius 2 is 1.88 bits per heavy atom. The second-order valence-corrected chi connectivity index (χ2v) is 6.98. The molecule has 0 bridgehead atoms. The van der Waals surface area contributed by atoms with Crippen molar-refractivity contribution in [3.05, 3.63) is 57.8 Å². The molecule has 25 heavy (non-hydrogen) atoms. The van der Waals surface area contributed by atoms with Crippen LogP contribution in [0.3, 0.4) is 0 Å². The molecule has 0 fully saturated rings. The van der Waals surface area contributed by atoms with E-state index in [0.29, 0.717) is 12.5 Å². The Labute approximate surface area is 172 Å². The van der Waals surface area contributed by atoms with Crippen LogP contribution in [0.15, 0.2) is 46.8 Å². The quantitative estimate of drug-likeness (QED) is 0.346. The van der Waals surface area contributed by atoms with E-state index in [9.17, 15) is 0 Å². The Morgan fingerprint density at radius 1 is 1.16 bits per heavy atom. The van der Waals surface area contributed by atoms with Crippen LogP contribution < -0.4 is 10.6 Å². The predicted octanol–water partition coefficient (Wildman–Crippen LogP) is 4.06. The van der Waals surface area contributed by atoms with Crippen LogP contribution in [-0.4, -0.2) is 26.7 Å². The number of halogens is 1. The molecule has 0 saturated heterocycles. The summed E-state index contributed by atoms with van der Waals surface area (Å²) in [6.45, 7) is 4.57. The highest BCUT2D eigenvalue weighted by molar-refractivity contribution is 14.0. The largest absolute Gasteiger partial charge is 0.380 e. The summed E-state index contributed by atoms with van der Waals surface area (Å²) in [4.78, 5) is 5.73. The molecule has 4 nitrogen and oxygen atoms in total. The first kappa shape index (κ1) is 21.9. The Balaban J connectivity index is 0.00000312. The van der Waals surface area contributed by atoms with Gasteiger partial charge in [0.15, 0.2) is 5.96 Å². The van der Waals surface area contributed by atoms with E-state index in [-0.39, 0.29) is 24.0 Å². The molecule has 0 amide bonds. The number of guanidine groups is 1. The van der Waals surface area contributed by atoms with Gasteiger partial charge in [0.05, 0.1) is 6.61 Å². The Bertz CT molecular complexity index is 614. The van der Waals surface area contributed by atoms with E-state index in [4.69, 9.17) is 4.74 Å². The molecule has 1 atom stereocenters. The number of nitrogens with one attached hydrogen (secondary N) is 2. The molecule has 1 unspecified atom stereocenters. The third-order valence-corrected chi connectivity index (χ3v) is 4.66. The molecular formula is C19H28IN3OS. The van der Waals surface area contributed by atoms with Gasteiger partial charge in [-0.25, -0.2) is 0 Å². The van der Waals surface area contributed by atoms with Crippen molar-refractivity contribution >= 4 is 41.3 Å². The van der Waals surface area contributed by atoms with Gasteiger partial charge in [0.25, 0.3) is 0 Å². The van der Waals surface area contributed by atoms with E-state index >= 15 is 0 Å². The number of ether oxygens (including phenoxy) is 1. The minimum atomic E-state index is 0. The average molecular weight is 473 g/mol. The van der Waals surface area contributed by atoms with Crippen molar-refractivity contribution < 1.29 is 4.74 Å². The van der Waals surface area contributed by atoms with Gasteiger partial charge in [-0.3, -0.25) is 4.99 Å². The van der Waals surface area contributed by atoms with Crippen molar-refractivity contribution in [2.45, 2.75) is 26.5 Å². The third-order valence-electron chi connectivity index (χ3n) is 3.77. The molecular weight excluding hydrogens is 445 g/mol. The van der Waals surface area contributed by atoms with Crippen molar-refractivity contribution in [2.75, 3.05) is 20.7 Å². The van der Waals surface area contributed by atoms with Crippen LogP contribution >= 0.6 is 35.3 Å². The van der Waals surface area contributed by atoms with Crippen molar-refractivity contribution in [3.8, 4) is 0 Å². The minimum Gasteiger partial charge on any atom is -0.380 e. The number of thiophene rings is 1. The van der Waals surface area contributed by atoms with Gasteiger partial charge in [-0.1, -0.05) is 37.3 Å². The number of aliphatic imine (C=N–C) groups is 1. The summed E-state index contributed by atoms with van der Waals surface area (Å²) in [5, 5.41) is 8.90. The number of rotatable bonds is 8. The highest BCUT2D eigenvalue weighted by atomic mass is 127. The zero-order valence-electron chi connectivity index (χ0n) is 15.1. The van der Waals surface area contributed by atoms with Crippen molar-refractivity contribution in [1.82, 2.24) is 10.6 Å². The van der Waals surface area contributed by atoms with E-state index in [2.05, 4.69) is 64.3 Å². The highest BCUT2D eigenvalue weighted by Gasteiger charge is 2.06. The van der Waals surface area contributed by atoms with Gasteiger partial charge in [-0.2, -0.15) is 0 Å². The third kappa shape index (κ3) is 8.20. The zero-order valence-corrected chi connectivity index (χ0v) is 18.3. The monoisotopic (exact) mass is 473 g/mol. The summed E-state index contributed by atoms with van der Waals surface area (Å²) < 4.78 is 5.13. The molecule has 0 spiro atoms. The van der Waals surface area contributed by atoms with Gasteiger partial charge in [0.2, 0.25) is 0 Å². The molecule has 0 saturated carbocycles. The fourth-order valence-corrected chi connectivity index (χ4v) is 3.31. The molecule has 2 aromatic rings. The molecule has 2 N–H and O–H groups in total. The maximum absolute atomic E-state index is 5.13. The van der Waals surface area contributed by atoms with Crippen molar-refractivity contribution in [1.29, 1.82) is 0 Å². The van der Waals surface area contributed by atoms with Gasteiger partial charge in [0.1, 0.15) is 0 Å². The van der Waals surface area contributed by atoms with Crippen LogP contribution in [0.25, 0.3) is 0 Å². The summed E-state index contributed by atoms with van der Waals surface area (Å²) in [6.07, 6.45) is 1.10. The Morgan fingerprint density at radius 3 is 2.48 bits per heavy atom. The molecule has 1 aromatic heterocycles. The van der Waals surface area contributed by atoms with Crippen molar-refractivity contribution in [3.63, 3.8) is 0 Å². The van der Waals surface area contributed by atoms with Gasteiger partial charge >= 0.3 is 0 Å². The normalized spacial score (nSPS) is 12.4. The van der Waals surface area contributed by atoms with Crippen LogP contribution in [0, 0.1) is 5.92 Å². The summed E-state index contributed by atoms with van der Waals surface area (Å²) in [6, 6.07) is 12.7. The summed E-state index contributed by atoms with van der Waals surface area (Å²) in [7, 11) is 3.52. The molecule has 0 aliphatic heterocycles. The summed E-state index contributed by atoms with van der Waals surface area (Å²) in [5.74, 6) is 1.41. The molecule has 0 aliphatic rings. The predicted molar refractivity (Wildman–Crippen MR) is 118 cm³/mol. The van der Waals surface area contributed by atoms with Crippen LogP contribution in [-0.2, 0) is 24.3 Å². The molecule has 0 aliphatic carbocycles. The fourth-order valence-electron chi connectivity index (χ4n) is 2.44. The van der Waals surface area contributed by atoms with Crippen LogP contribution in [0.5, 0.6) is 0 Å². The maximum atomic E-state index is 5.13. The first-order valence-corrected chi connectivity index (χ1v) is 9.13. The SMILES string of the molecule is CN=C(NCc1ccc(COC)cc1)NCC(C)Cc1cccs1.I. The number of nitrogens with zero attached hydrogens (tertiary/aromatic N) is 1. The lowest BCUT2D eigenvalue weighted by Gasteiger charge is -2.15. The average Bonchev–Trinajstić information content (AvgIpc) is 3.09. The smallest absolute Gasteiger partial charge is 0.191 e. The van der Waals surface area contributed by atoms with Crippen LogP contribution in [0.2, 0.25) is 0 Å². The number of hydrogen-bond donors (Lipinski definition) is 2. The fraction of sp³-hybridized carbons (Fsp3) is 0.421. The first-order chi connectivity index (χ1) is 11.7. The lowest BCUT2D eigenvalue weighted by atomic mass is 10.1. The molecule has 0 radical (unpaired) electrons. The van der Waals surface area contributed by atoms with E-state index < -0.39 is 0 Å². The summed E-state index contributed by atoms with van der Waals surface area (Å²) in [5.41, 5.74) is 2.41. The number of benzene rings is 1. The molecule has 1 aromatic carbocycles. The maximum Gasteiger partial charge on any atom is 0.191 e. The molecule has 1 heterocycles. The standard InChI is InChI=1S/C19H27N3OS.HI/c1-15(11-18-5-4-10-24-18)12-21-19(20-2)22-13-16-6-8-17(9-7-16)14-23-3;/h4-10,15H,11-14H2,1-3H3,(H2,20,21,22);1H. The van der Waals surface area contributed by atoms with Gasteiger partial charge in [-0.05, 0) is 34.9 Å². The van der Waals surface area contributed by atoms with Crippen molar-refractivity contribution in [2.24, 2.45) is 10.9 Å². The Kier molecular flexibility index (Phi) is 10.8. The van der Waals surface area contributed by atoms with Crippen LogP contribution in [0.1, 0.15) is 22.9 Å². The van der Waals surface area contributed by atoms with Gasteiger partial charge < -0.3 is 15.4 Å². The second-order valence-electron chi connectivity index (χ2n) is 5.94. The lowest BCUT2D eigenvalue weighted by molar-refractivity contribution is 0.185. The Hall–Kier alpha value is -1.12. The van der Waals surface area contributed by atoms with E-state index in [1.807, 2.05) is 11.3 Å². The molecule has 2 rings (SSSR count). The lowest BCUT2D eigenvalue weighted by Crippen LogP contribution is -2.39. The van der Waals surface area contributed by atoms with Gasteiger partial charge in [-0.15, -0.1) is 35.3 Å². The highest BCUT2D eigenvalue weighted by Crippen LogP contribution is 2.13. The molecule has 138 valence electrons. The van der Waals surface area contributed by atoms with E-state index in [1.165, 1.54) is 16.0 Å². The summed E-state index contributed by atoms with van der Waals surface area (Å²) >= 11 is 1.82. The zero-order chi connectivity index (χ0) is 17.2. The van der Waals surface area contributed by atoms with E-state index in [0.717, 1.165) is 25.5 Å². The van der Waals surface area contributed by atoms with Gasteiger partial charge in [0, 0.05) is 32.1 Å². The second kappa shape index (κ2) is 12.3. The molecule has 6 heteroatoms. The van der Waals surface area contributed by atoms with Crippen LogP contribution in [0.4, 0.5) is 0 Å². The first-order valence-electron chi connectivity index (χ1n) is 8.25. The number of methoxy groups -OCH3 is 1. The number of hydrogen-bond acceptors (Lipinski definition) is 3. The van der Waals surface area contributed by atoms with E-state index in [1.54, 1.807) is 14.2 Å². The minimum absolute atomic E-state index is 0.